The number of hydrogen-bond donors (Lipinski definition) is 1. The number of nitrogens with one attached hydrogen (secondary N) is 1. The van der Waals surface area contributed by atoms with Crippen molar-refractivity contribution in [3.8, 4) is 0 Å². The summed E-state index contributed by atoms with van der Waals surface area (Å²) < 4.78 is 11.1. The molecule has 0 bridgehead atoms. The summed E-state index contributed by atoms with van der Waals surface area (Å²) in [6.45, 7) is 18.9. The van der Waals surface area contributed by atoms with Crippen molar-refractivity contribution in [3.05, 3.63) is 36.0 Å². The second kappa shape index (κ2) is 22.3. The summed E-state index contributed by atoms with van der Waals surface area (Å²) in [5.74, 6) is 4.50. The predicted molar refractivity (Wildman–Crippen MR) is 214 cm³/mol. The van der Waals surface area contributed by atoms with E-state index in [2.05, 4.69) is 89.0 Å². The number of rotatable bonds is 25. The van der Waals surface area contributed by atoms with Crippen LogP contribution in [0.2, 0.25) is 0 Å². The number of benzene rings is 1. The Morgan fingerprint density at radius 3 is 1.89 bits per heavy atom. The minimum Gasteiger partial charge on any atom is -0.465 e. The molecule has 0 fully saturated rings. The quantitative estimate of drug-likeness (QED) is 0.0604. The SMILES string of the molecule is CSCC(C)(C)CSSCCOC(=O)CCN(CCC(=O)OCCSSCC(C)(C)CCC(C)(C)C)CCc1c[nH]c2ccccc12. The predicted octanol–water partition coefficient (Wildman–Crippen LogP) is 9.88. The number of fused-ring (bicyclic) bond motifs is 1. The molecule has 0 radical (unpaired) electrons. The van der Waals surface area contributed by atoms with Crippen LogP contribution in [-0.4, -0.2) is 89.7 Å². The van der Waals surface area contributed by atoms with Crippen LogP contribution in [0.5, 0.6) is 0 Å². The molecule has 1 aromatic heterocycles. The number of nitrogens with zero attached hydrogens (tertiary/aromatic N) is 1. The van der Waals surface area contributed by atoms with Gasteiger partial charge in [0, 0.05) is 59.7 Å². The number of aromatic nitrogens is 1. The minimum absolute atomic E-state index is 0.184. The highest BCUT2D eigenvalue weighted by Gasteiger charge is 2.22. The second-order valence-corrected chi connectivity index (χ2v) is 20.9. The standard InChI is InChI=1S/C36H60N2O4S5/c1-34(2,3)16-17-35(4,5)27-46-44-23-21-41-32(39)14-19-38(18-13-29-25-37-31-12-10-9-11-30(29)31)20-15-33(40)42-22-24-45-47-28-36(6,7)26-43-8/h9-12,25,37H,13-24,26-28H2,1-8H3. The van der Waals surface area contributed by atoms with Gasteiger partial charge in [0.2, 0.25) is 0 Å². The van der Waals surface area contributed by atoms with E-state index in [0.29, 0.717) is 55.4 Å². The molecule has 1 heterocycles. The Hall–Kier alpha value is -0.590. The monoisotopic (exact) mass is 744 g/mol. The van der Waals surface area contributed by atoms with Crippen molar-refractivity contribution in [3.63, 3.8) is 0 Å². The molecule has 2 aromatic rings. The molecule has 11 heteroatoms. The maximum Gasteiger partial charge on any atom is 0.307 e. The van der Waals surface area contributed by atoms with Crippen LogP contribution in [0.3, 0.4) is 0 Å². The minimum atomic E-state index is -0.186. The lowest BCUT2D eigenvalue weighted by Crippen LogP contribution is -2.31. The molecule has 0 amide bonds. The van der Waals surface area contributed by atoms with Gasteiger partial charge in [-0.05, 0) is 59.1 Å². The average molecular weight is 745 g/mol. The van der Waals surface area contributed by atoms with Crippen LogP contribution in [0.15, 0.2) is 30.5 Å². The number of para-hydroxylation sites is 1. The number of H-pyrrole nitrogens is 1. The Balaban J connectivity index is 1.73. The molecule has 1 aromatic carbocycles. The van der Waals surface area contributed by atoms with Gasteiger partial charge in [-0.25, -0.2) is 0 Å². The molecule has 47 heavy (non-hydrogen) atoms. The molecule has 268 valence electrons. The van der Waals surface area contributed by atoms with E-state index in [9.17, 15) is 9.59 Å². The summed E-state index contributed by atoms with van der Waals surface area (Å²) in [6, 6.07) is 8.29. The Bertz CT molecular complexity index is 1180. The first-order valence-electron chi connectivity index (χ1n) is 16.8. The molecule has 0 aliphatic rings. The van der Waals surface area contributed by atoms with E-state index in [-0.39, 0.29) is 11.9 Å². The fourth-order valence-corrected chi connectivity index (χ4v) is 10.8. The van der Waals surface area contributed by atoms with Crippen LogP contribution in [0.25, 0.3) is 10.9 Å². The van der Waals surface area contributed by atoms with Gasteiger partial charge in [0.15, 0.2) is 0 Å². The summed E-state index contributed by atoms with van der Waals surface area (Å²) in [7, 11) is 7.28. The third-order valence-electron chi connectivity index (χ3n) is 7.65. The zero-order chi connectivity index (χ0) is 34.8. The number of esters is 2. The van der Waals surface area contributed by atoms with Crippen molar-refractivity contribution in [2.24, 2.45) is 16.2 Å². The van der Waals surface area contributed by atoms with E-state index in [1.54, 1.807) is 21.6 Å². The lowest BCUT2D eigenvalue weighted by molar-refractivity contribution is -0.143. The summed E-state index contributed by atoms with van der Waals surface area (Å²) >= 11 is 1.88. The fraction of sp³-hybridized carbons (Fsp3) is 0.722. The maximum absolute atomic E-state index is 12.6. The van der Waals surface area contributed by atoms with Crippen LogP contribution in [0.1, 0.15) is 79.7 Å². The van der Waals surface area contributed by atoms with E-state index in [1.807, 2.05) is 39.4 Å². The Morgan fingerprint density at radius 2 is 1.32 bits per heavy atom. The van der Waals surface area contributed by atoms with Crippen molar-refractivity contribution in [1.82, 2.24) is 9.88 Å². The Kier molecular flexibility index (Phi) is 20.2. The van der Waals surface area contributed by atoms with Crippen LogP contribution < -0.4 is 0 Å². The zero-order valence-electron chi connectivity index (χ0n) is 30.1. The smallest absolute Gasteiger partial charge is 0.307 e. The number of thioether (sulfide) groups is 1. The highest BCUT2D eigenvalue weighted by molar-refractivity contribution is 8.77. The van der Waals surface area contributed by atoms with Gasteiger partial charge < -0.3 is 19.4 Å². The van der Waals surface area contributed by atoms with Gasteiger partial charge in [0.1, 0.15) is 13.2 Å². The molecule has 0 saturated heterocycles. The summed E-state index contributed by atoms with van der Waals surface area (Å²) in [6.07, 6.45) is 8.08. The van der Waals surface area contributed by atoms with Gasteiger partial charge in [-0.1, -0.05) is 110 Å². The molecule has 1 N–H and O–H groups in total. The van der Waals surface area contributed by atoms with Crippen molar-refractivity contribution in [2.75, 3.05) is 67.9 Å². The first-order chi connectivity index (χ1) is 22.2. The molecule has 2 rings (SSSR count). The molecule has 0 spiro atoms. The van der Waals surface area contributed by atoms with E-state index in [1.165, 1.54) is 23.8 Å². The maximum atomic E-state index is 12.6. The van der Waals surface area contributed by atoms with Gasteiger partial charge in [0.25, 0.3) is 0 Å². The first kappa shape index (κ1) is 42.6. The third kappa shape index (κ3) is 20.0. The molecule has 0 aliphatic heterocycles. The topological polar surface area (TPSA) is 71.6 Å². The van der Waals surface area contributed by atoms with Gasteiger partial charge in [-0.15, -0.1) is 0 Å². The second-order valence-electron chi connectivity index (χ2n) is 14.9. The Morgan fingerprint density at radius 1 is 0.745 bits per heavy atom. The van der Waals surface area contributed by atoms with Gasteiger partial charge in [-0.3, -0.25) is 9.59 Å². The lowest BCUT2D eigenvalue weighted by atomic mass is 9.81. The normalized spacial score (nSPS) is 12.6. The molecular formula is C36H60N2O4S5. The average Bonchev–Trinajstić information content (AvgIpc) is 3.42. The van der Waals surface area contributed by atoms with E-state index in [4.69, 9.17) is 9.47 Å². The van der Waals surface area contributed by atoms with E-state index in [0.717, 1.165) is 47.2 Å². The summed E-state index contributed by atoms with van der Waals surface area (Å²) in [5, 5.41) is 1.21. The van der Waals surface area contributed by atoms with Crippen LogP contribution in [-0.2, 0) is 25.5 Å². The third-order valence-corrected chi connectivity index (χ3v) is 14.2. The molecule has 0 saturated carbocycles. The van der Waals surface area contributed by atoms with E-state index < -0.39 is 0 Å². The number of aromatic amines is 1. The number of carbonyl (C=O) groups excluding carboxylic acids is 2. The molecular weight excluding hydrogens is 685 g/mol. The summed E-state index contributed by atoms with van der Waals surface area (Å²) in [5.41, 5.74) is 3.32. The first-order valence-corrected chi connectivity index (χ1v) is 23.1. The van der Waals surface area contributed by atoms with Crippen molar-refractivity contribution >= 4 is 77.8 Å². The highest BCUT2D eigenvalue weighted by atomic mass is 33.1. The van der Waals surface area contributed by atoms with Crippen LogP contribution >= 0.6 is 54.9 Å². The number of ether oxygens (including phenoxy) is 2. The lowest BCUT2D eigenvalue weighted by Gasteiger charge is -2.28. The molecule has 0 aliphatic carbocycles. The molecule has 6 nitrogen and oxygen atoms in total. The fourth-order valence-electron chi connectivity index (χ4n) is 4.71. The van der Waals surface area contributed by atoms with Gasteiger partial charge in [0.05, 0.1) is 12.8 Å². The van der Waals surface area contributed by atoms with Gasteiger partial charge in [-0.2, -0.15) is 11.8 Å². The van der Waals surface area contributed by atoms with Crippen molar-refractivity contribution < 1.29 is 19.1 Å². The van der Waals surface area contributed by atoms with Crippen molar-refractivity contribution in [2.45, 2.75) is 80.6 Å². The van der Waals surface area contributed by atoms with Crippen LogP contribution in [0.4, 0.5) is 0 Å². The number of carbonyl (C=O) groups is 2. The summed E-state index contributed by atoms with van der Waals surface area (Å²) in [4.78, 5) is 30.7. The van der Waals surface area contributed by atoms with Crippen LogP contribution in [0, 0.1) is 16.2 Å². The Labute approximate surface area is 305 Å². The van der Waals surface area contributed by atoms with Crippen molar-refractivity contribution in [1.29, 1.82) is 0 Å². The number of hydrogen-bond acceptors (Lipinski definition) is 10. The van der Waals surface area contributed by atoms with Gasteiger partial charge >= 0.3 is 11.9 Å². The highest BCUT2D eigenvalue weighted by Crippen LogP contribution is 2.36. The van der Waals surface area contributed by atoms with E-state index >= 15 is 0 Å². The molecule has 0 unspecified atom stereocenters. The molecule has 0 atom stereocenters. The zero-order valence-corrected chi connectivity index (χ0v) is 34.2. The largest absolute Gasteiger partial charge is 0.465 e.